The van der Waals surface area contributed by atoms with Crippen molar-refractivity contribution in [1.29, 1.82) is 0 Å². The molecule has 0 aliphatic heterocycles. The van der Waals surface area contributed by atoms with Gasteiger partial charge in [0, 0.05) is 25.0 Å². The standard InChI is InChI=1S/C25H26F2N4O3/c1-14-9-15(11-22(33)25(14,34)13-26)17-6-8-29-12-16(17)10-21(32)24-19(28)4-5-20(31-24)23-18(27)3-2-7-30-23/h2-8,12,14-15,22,33-34H,9-11,13,28H2,1H3/t14-,15+,22+,25+/m0/s1. The van der Waals surface area contributed by atoms with Gasteiger partial charge >= 0.3 is 0 Å². The maximum atomic E-state index is 14.2. The van der Waals surface area contributed by atoms with Crippen LogP contribution in [0.3, 0.4) is 0 Å². The Kier molecular flexibility index (Phi) is 6.67. The molecule has 4 atom stereocenters. The second-order valence-electron chi connectivity index (χ2n) is 8.85. The smallest absolute Gasteiger partial charge is 0.187 e. The first kappa shape index (κ1) is 23.8. The van der Waals surface area contributed by atoms with Crippen LogP contribution in [0, 0.1) is 11.7 Å². The number of nitrogen functional groups attached to an aromatic ring is 1. The Morgan fingerprint density at radius 1 is 1.24 bits per heavy atom. The van der Waals surface area contributed by atoms with Gasteiger partial charge in [0.1, 0.15) is 23.7 Å². The molecule has 4 rings (SSSR count). The monoisotopic (exact) mass is 468 g/mol. The predicted octanol–water partition coefficient (Wildman–Crippen LogP) is 3.26. The van der Waals surface area contributed by atoms with Crippen LogP contribution >= 0.6 is 0 Å². The quantitative estimate of drug-likeness (QED) is 0.475. The first-order valence-corrected chi connectivity index (χ1v) is 11.0. The molecule has 9 heteroatoms. The lowest BCUT2D eigenvalue weighted by atomic mass is 9.68. The average molecular weight is 469 g/mol. The molecule has 1 fully saturated rings. The number of anilines is 1. The third kappa shape index (κ3) is 4.41. The molecule has 3 aromatic rings. The van der Waals surface area contributed by atoms with Gasteiger partial charge in [-0.2, -0.15) is 0 Å². The van der Waals surface area contributed by atoms with Crippen molar-refractivity contribution >= 4 is 11.5 Å². The molecule has 1 aliphatic carbocycles. The van der Waals surface area contributed by atoms with E-state index in [1.807, 2.05) is 0 Å². The van der Waals surface area contributed by atoms with Crippen LogP contribution in [0.25, 0.3) is 11.4 Å². The van der Waals surface area contributed by atoms with Gasteiger partial charge in [-0.1, -0.05) is 6.92 Å². The van der Waals surface area contributed by atoms with Gasteiger partial charge in [0.05, 0.1) is 17.5 Å². The highest BCUT2D eigenvalue weighted by Gasteiger charge is 2.47. The van der Waals surface area contributed by atoms with E-state index in [0.29, 0.717) is 12.0 Å². The van der Waals surface area contributed by atoms with Crippen LogP contribution in [0.2, 0.25) is 0 Å². The molecule has 0 saturated heterocycles. The summed E-state index contributed by atoms with van der Waals surface area (Å²) in [6.45, 7) is 0.676. The number of aromatic nitrogens is 3. The van der Waals surface area contributed by atoms with Crippen molar-refractivity contribution in [3.63, 3.8) is 0 Å². The Hall–Kier alpha value is -3.30. The Labute approximate surface area is 195 Å². The fraction of sp³-hybridized carbons (Fsp3) is 0.360. The van der Waals surface area contributed by atoms with Crippen molar-refractivity contribution in [1.82, 2.24) is 15.0 Å². The molecular formula is C25H26F2N4O3. The third-order valence-electron chi connectivity index (χ3n) is 6.71. The van der Waals surface area contributed by atoms with Gasteiger partial charge in [0.15, 0.2) is 11.6 Å². The van der Waals surface area contributed by atoms with Gasteiger partial charge in [0.25, 0.3) is 0 Å². The summed E-state index contributed by atoms with van der Waals surface area (Å²) in [5.74, 6) is -1.62. The number of aliphatic hydroxyl groups is 2. The number of nitrogens with two attached hydrogens (primary N) is 1. The fourth-order valence-electron chi connectivity index (χ4n) is 4.64. The molecule has 34 heavy (non-hydrogen) atoms. The minimum atomic E-state index is -1.78. The van der Waals surface area contributed by atoms with E-state index in [9.17, 15) is 23.8 Å². The van der Waals surface area contributed by atoms with Gasteiger partial charge in [-0.25, -0.2) is 13.8 Å². The first-order chi connectivity index (χ1) is 16.2. The zero-order chi connectivity index (χ0) is 24.5. The normalized spacial score (nSPS) is 24.7. The van der Waals surface area contributed by atoms with E-state index in [-0.39, 0.29) is 47.3 Å². The van der Waals surface area contributed by atoms with Gasteiger partial charge in [-0.3, -0.25) is 14.8 Å². The summed E-state index contributed by atoms with van der Waals surface area (Å²) in [6.07, 6.45) is 3.89. The largest absolute Gasteiger partial charge is 0.397 e. The number of carbonyl (C=O) groups is 1. The third-order valence-corrected chi connectivity index (χ3v) is 6.71. The second kappa shape index (κ2) is 9.52. The molecule has 7 nitrogen and oxygen atoms in total. The zero-order valence-corrected chi connectivity index (χ0v) is 18.7. The zero-order valence-electron chi connectivity index (χ0n) is 18.7. The summed E-state index contributed by atoms with van der Waals surface area (Å²) < 4.78 is 27.6. The lowest BCUT2D eigenvalue weighted by Gasteiger charge is -2.44. The van der Waals surface area contributed by atoms with Crippen LogP contribution in [0.15, 0.2) is 48.9 Å². The number of carbonyl (C=O) groups excluding carboxylic acids is 1. The molecule has 1 aliphatic rings. The molecule has 4 N–H and O–H groups in total. The molecule has 0 spiro atoms. The topological polar surface area (TPSA) is 122 Å². The highest BCUT2D eigenvalue weighted by Crippen LogP contribution is 2.43. The van der Waals surface area contributed by atoms with Crippen molar-refractivity contribution in [2.75, 3.05) is 12.4 Å². The Morgan fingerprint density at radius 2 is 2.03 bits per heavy atom. The van der Waals surface area contributed by atoms with Gasteiger partial charge in [-0.15, -0.1) is 0 Å². The van der Waals surface area contributed by atoms with Gasteiger partial charge < -0.3 is 15.9 Å². The fourth-order valence-corrected chi connectivity index (χ4v) is 4.64. The van der Waals surface area contributed by atoms with E-state index in [1.165, 1.54) is 30.5 Å². The Bertz CT molecular complexity index is 1190. The molecule has 0 unspecified atom stereocenters. The summed E-state index contributed by atoms with van der Waals surface area (Å²) in [7, 11) is 0. The summed E-state index contributed by atoms with van der Waals surface area (Å²) in [6, 6.07) is 7.48. The molecular weight excluding hydrogens is 442 g/mol. The molecule has 1 saturated carbocycles. The summed E-state index contributed by atoms with van der Waals surface area (Å²) in [5, 5.41) is 20.9. The Balaban J connectivity index is 1.61. The number of hydrogen-bond donors (Lipinski definition) is 3. The summed E-state index contributed by atoms with van der Waals surface area (Å²) in [4.78, 5) is 25.6. The highest BCUT2D eigenvalue weighted by molar-refractivity contribution is 6.00. The van der Waals surface area contributed by atoms with Crippen molar-refractivity contribution in [3.8, 4) is 11.4 Å². The number of alkyl halides is 1. The average Bonchev–Trinajstić information content (AvgIpc) is 2.83. The van der Waals surface area contributed by atoms with E-state index in [2.05, 4.69) is 15.0 Å². The van der Waals surface area contributed by atoms with Crippen molar-refractivity contribution in [3.05, 3.63) is 71.6 Å². The van der Waals surface area contributed by atoms with Crippen LogP contribution in [-0.4, -0.2) is 49.3 Å². The second-order valence-corrected chi connectivity index (χ2v) is 8.85. The van der Waals surface area contributed by atoms with Crippen molar-refractivity contribution in [2.24, 2.45) is 5.92 Å². The minimum absolute atomic E-state index is 0.00112. The van der Waals surface area contributed by atoms with Crippen LogP contribution in [0.4, 0.5) is 14.5 Å². The number of pyridine rings is 3. The van der Waals surface area contributed by atoms with Crippen LogP contribution < -0.4 is 5.73 Å². The summed E-state index contributed by atoms with van der Waals surface area (Å²) >= 11 is 0. The van der Waals surface area contributed by atoms with Crippen molar-refractivity contribution in [2.45, 2.75) is 43.8 Å². The van der Waals surface area contributed by atoms with Crippen molar-refractivity contribution < 1.29 is 23.8 Å². The molecule has 3 heterocycles. The van der Waals surface area contributed by atoms with Gasteiger partial charge in [-0.05, 0) is 66.1 Å². The highest BCUT2D eigenvalue weighted by atomic mass is 19.1. The van der Waals surface area contributed by atoms with E-state index in [0.717, 1.165) is 5.56 Å². The van der Waals surface area contributed by atoms with Crippen LogP contribution in [-0.2, 0) is 6.42 Å². The number of rotatable bonds is 6. The van der Waals surface area contributed by atoms with Crippen LogP contribution in [0.1, 0.15) is 47.3 Å². The predicted molar refractivity (Wildman–Crippen MR) is 122 cm³/mol. The molecule has 0 radical (unpaired) electrons. The molecule has 178 valence electrons. The van der Waals surface area contributed by atoms with E-state index >= 15 is 0 Å². The minimum Gasteiger partial charge on any atom is -0.397 e. The number of aliphatic hydroxyl groups excluding tert-OH is 1. The number of Topliss-reactive ketones (excluding diaryl/α,β-unsaturated/α-hetero) is 1. The SMILES string of the molecule is C[C@H]1C[C@@H](c2ccncc2CC(=O)c2nc(-c3ncccc3F)ccc2N)C[C@@H](O)[C@@]1(O)CF. The number of halogens is 2. The maximum absolute atomic E-state index is 14.2. The molecule has 0 bridgehead atoms. The number of hydrogen-bond acceptors (Lipinski definition) is 7. The lowest BCUT2D eigenvalue weighted by Crippen LogP contribution is -2.54. The summed E-state index contributed by atoms with van der Waals surface area (Å²) in [5.41, 5.74) is 6.02. The molecule has 0 aromatic carbocycles. The molecule has 3 aromatic heterocycles. The molecule has 0 amide bonds. The number of ketones is 1. The van der Waals surface area contributed by atoms with E-state index in [4.69, 9.17) is 5.73 Å². The van der Waals surface area contributed by atoms with E-state index < -0.39 is 30.1 Å². The number of nitrogens with zero attached hydrogens (tertiary/aromatic N) is 3. The lowest BCUT2D eigenvalue weighted by molar-refractivity contribution is -0.146. The van der Waals surface area contributed by atoms with Crippen LogP contribution in [0.5, 0.6) is 0 Å². The van der Waals surface area contributed by atoms with Gasteiger partial charge in [0.2, 0.25) is 0 Å². The maximum Gasteiger partial charge on any atom is 0.187 e. The Morgan fingerprint density at radius 3 is 2.74 bits per heavy atom. The first-order valence-electron chi connectivity index (χ1n) is 11.0. The van der Waals surface area contributed by atoms with E-state index in [1.54, 1.807) is 25.4 Å².